The van der Waals surface area contributed by atoms with Gasteiger partial charge >= 0.3 is 5.97 Å². The number of esters is 1. The van der Waals surface area contributed by atoms with Crippen LogP contribution in [0.15, 0.2) is 82.1 Å². The smallest absolute Gasteiger partial charge is 0.374 e. The van der Waals surface area contributed by atoms with E-state index in [0.29, 0.717) is 29.5 Å². The van der Waals surface area contributed by atoms with E-state index in [9.17, 15) is 13.2 Å². The Morgan fingerprint density at radius 2 is 1.66 bits per heavy atom. The van der Waals surface area contributed by atoms with Gasteiger partial charge < -0.3 is 19.0 Å². The van der Waals surface area contributed by atoms with E-state index in [2.05, 4.69) is 29.0 Å². The van der Waals surface area contributed by atoms with Gasteiger partial charge in [-0.1, -0.05) is 42.5 Å². The van der Waals surface area contributed by atoms with Gasteiger partial charge in [-0.05, 0) is 68.8 Å². The largest absolute Gasteiger partial charge is 0.460 e. The summed E-state index contributed by atoms with van der Waals surface area (Å²) in [5.41, 5.74) is 4.15. The fourth-order valence-corrected chi connectivity index (χ4v) is 6.62. The first-order chi connectivity index (χ1) is 19.8. The Hall–Kier alpha value is -3.66. The summed E-state index contributed by atoms with van der Waals surface area (Å²) in [5, 5.41) is 0.577. The van der Waals surface area contributed by atoms with Crippen LogP contribution in [0.3, 0.4) is 0 Å². The van der Waals surface area contributed by atoms with Crippen molar-refractivity contribution in [2.24, 2.45) is 0 Å². The summed E-state index contributed by atoms with van der Waals surface area (Å²) in [6.45, 7) is 8.25. The van der Waals surface area contributed by atoms with E-state index in [1.165, 1.54) is 4.31 Å². The van der Waals surface area contributed by atoms with E-state index in [4.69, 9.17) is 9.15 Å². The van der Waals surface area contributed by atoms with Gasteiger partial charge in [0.15, 0.2) is 0 Å². The number of likely N-dealkylation sites (N-methyl/N-ethyl adjacent to an activating group) is 1. The average molecular weight is 576 g/mol. The van der Waals surface area contributed by atoms with Crippen LogP contribution in [0, 0.1) is 6.92 Å². The molecular formula is C32H37N3O5S. The molecule has 1 fully saturated rings. The molecule has 5 rings (SSSR count). The summed E-state index contributed by atoms with van der Waals surface area (Å²) in [4.78, 5) is 17.2. The monoisotopic (exact) mass is 575 g/mol. The molecule has 0 bridgehead atoms. The minimum Gasteiger partial charge on any atom is -0.460 e. The van der Waals surface area contributed by atoms with Crippen LogP contribution in [0.4, 0.5) is 5.69 Å². The van der Waals surface area contributed by atoms with E-state index in [1.807, 2.05) is 42.5 Å². The van der Waals surface area contributed by atoms with Crippen LogP contribution >= 0.6 is 0 Å². The number of ether oxygens (including phenoxy) is 1. The number of anilines is 1. The highest BCUT2D eigenvalue weighted by molar-refractivity contribution is 7.89. The average Bonchev–Trinajstić information content (AvgIpc) is 3.32. The number of nitrogens with zero attached hydrogens (tertiary/aromatic N) is 3. The van der Waals surface area contributed by atoms with Crippen LogP contribution < -0.4 is 4.90 Å². The van der Waals surface area contributed by atoms with Gasteiger partial charge in [0.2, 0.25) is 15.8 Å². The second-order valence-corrected chi connectivity index (χ2v) is 12.4. The molecule has 2 heterocycles. The number of hydrogen-bond donors (Lipinski definition) is 0. The third kappa shape index (κ3) is 6.48. The number of fused-ring (bicyclic) bond motifs is 1. The van der Waals surface area contributed by atoms with Crippen LogP contribution in [-0.4, -0.2) is 70.0 Å². The lowest BCUT2D eigenvalue weighted by atomic mass is 10.1. The molecule has 41 heavy (non-hydrogen) atoms. The standard InChI is InChI=1S/C32H37N3O5S/c1-4-39-32(36)31-24(2)29-22-28(14-15-30(29)40-31)41(37,38)35(17-16-25-8-6-5-7-9-25)23-26-10-12-27(13-11-26)34-20-18-33(3)19-21-34/h5-15,22H,4,16-21,23H2,1-3H3. The Morgan fingerprint density at radius 3 is 2.34 bits per heavy atom. The highest BCUT2D eigenvalue weighted by atomic mass is 32.2. The van der Waals surface area contributed by atoms with Crippen molar-refractivity contribution in [3.8, 4) is 0 Å². The number of furan rings is 1. The molecule has 4 aromatic rings. The van der Waals surface area contributed by atoms with E-state index in [0.717, 1.165) is 43.0 Å². The quantitative estimate of drug-likeness (QED) is 0.243. The number of piperazine rings is 1. The molecule has 1 aliphatic heterocycles. The lowest BCUT2D eigenvalue weighted by Crippen LogP contribution is -2.44. The Labute approximate surface area is 242 Å². The third-order valence-electron chi connectivity index (χ3n) is 7.66. The minimum absolute atomic E-state index is 0.0952. The second-order valence-electron chi connectivity index (χ2n) is 10.5. The number of hydrogen-bond acceptors (Lipinski definition) is 7. The molecule has 0 atom stereocenters. The molecule has 0 unspecified atom stereocenters. The van der Waals surface area contributed by atoms with Gasteiger partial charge in [0, 0.05) is 55.9 Å². The van der Waals surface area contributed by atoms with Crippen molar-refractivity contribution >= 4 is 32.6 Å². The van der Waals surface area contributed by atoms with Crippen LogP contribution in [0.1, 0.15) is 34.2 Å². The van der Waals surface area contributed by atoms with E-state index in [-0.39, 0.29) is 23.8 Å². The Bertz CT molecular complexity index is 1590. The van der Waals surface area contributed by atoms with Crippen LogP contribution in [0.2, 0.25) is 0 Å². The molecular weight excluding hydrogens is 538 g/mol. The first kappa shape index (κ1) is 28.9. The second kappa shape index (κ2) is 12.5. The Morgan fingerprint density at radius 1 is 0.951 bits per heavy atom. The molecule has 1 aromatic heterocycles. The summed E-state index contributed by atoms with van der Waals surface area (Å²) < 4.78 is 40.5. The molecule has 1 aliphatic rings. The fourth-order valence-electron chi connectivity index (χ4n) is 5.16. The van der Waals surface area contributed by atoms with Crippen molar-refractivity contribution in [3.05, 3.63) is 95.2 Å². The maximum Gasteiger partial charge on any atom is 0.374 e. The van der Waals surface area contributed by atoms with E-state index < -0.39 is 16.0 Å². The molecule has 0 N–H and O–H groups in total. The molecule has 0 amide bonds. The predicted octanol–water partition coefficient (Wildman–Crippen LogP) is 5.10. The van der Waals surface area contributed by atoms with Crippen molar-refractivity contribution < 1.29 is 22.4 Å². The van der Waals surface area contributed by atoms with Crippen LogP contribution in [-0.2, 0) is 27.7 Å². The van der Waals surface area contributed by atoms with Crippen LogP contribution in [0.5, 0.6) is 0 Å². The van der Waals surface area contributed by atoms with Crippen molar-refractivity contribution in [2.75, 3.05) is 51.3 Å². The first-order valence-electron chi connectivity index (χ1n) is 14.0. The number of aryl methyl sites for hydroxylation is 1. The summed E-state index contributed by atoms with van der Waals surface area (Å²) >= 11 is 0. The molecule has 216 valence electrons. The molecule has 3 aromatic carbocycles. The molecule has 9 heteroatoms. The van der Waals surface area contributed by atoms with Gasteiger partial charge in [-0.3, -0.25) is 0 Å². The molecule has 1 saturated heterocycles. The van der Waals surface area contributed by atoms with Gasteiger partial charge in [-0.15, -0.1) is 0 Å². The highest BCUT2D eigenvalue weighted by Crippen LogP contribution is 2.30. The van der Waals surface area contributed by atoms with E-state index in [1.54, 1.807) is 32.0 Å². The zero-order valence-corrected chi connectivity index (χ0v) is 24.7. The maximum absolute atomic E-state index is 14.1. The molecule has 0 saturated carbocycles. The molecule has 0 spiro atoms. The molecule has 8 nitrogen and oxygen atoms in total. The van der Waals surface area contributed by atoms with E-state index >= 15 is 0 Å². The zero-order chi connectivity index (χ0) is 29.0. The van der Waals surface area contributed by atoms with Crippen molar-refractivity contribution in [1.29, 1.82) is 0 Å². The topological polar surface area (TPSA) is 83.3 Å². The van der Waals surface area contributed by atoms with Crippen LogP contribution in [0.25, 0.3) is 11.0 Å². The molecule has 0 aliphatic carbocycles. The van der Waals surface area contributed by atoms with Gasteiger partial charge in [-0.25, -0.2) is 13.2 Å². The normalized spacial score (nSPS) is 14.6. The number of carbonyl (C=O) groups is 1. The highest BCUT2D eigenvalue weighted by Gasteiger charge is 2.27. The van der Waals surface area contributed by atoms with Crippen molar-refractivity contribution in [3.63, 3.8) is 0 Å². The minimum atomic E-state index is -3.88. The summed E-state index contributed by atoms with van der Waals surface area (Å²) in [7, 11) is -1.74. The molecule has 0 radical (unpaired) electrons. The van der Waals surface area contributed by atoms with Crippen molar-refractivity contribution in [2.45, 2.75) is 31.7 Å². The van der Waals surface area contributed by atoms with Gasteiger partial charge in [0.1, 0.15) is 5.58 Å². The van der Waals surface area contributed by atoms with Gasteiger partial charge in [0.05, 0.1) is 11.5 Å². The zero-order valence-electron chi connectivity index (χ0n) is 23.9. The first-order valence-corrected chi connectivity index (χ1v) is 15.5. The maximum atomic E-state index is 14.1. The Kier molecular flexibility index (Phi) is 8.77. The van der Waals surface area contributed by atoms with Crippen molar-refractivity contribution in [1.82, 2.24) is 9.21 Å². The predicted molar refractivity (Wildman–Crippen MR) is 161 cm³/mol. The summed E-state index contributed by atoms with van der Waals surface area (Å²) in [6.07, 6.45) is 0.583. The SMILES string of the molecule is CCOC(=O)c1oc2ccc(S(=O)(=O)N(CCc3ccccc3)Cc3ccc(N4CCN(C)CC4)cc3)cc2c1C. The number of carbonyl (C=O) groups excluding carboxylic acids is 1. The van der Waals surface area contributed by atoms with Gasteiger partial charge in [0.25, 0.3) is 0 Å². The number of benzene rings is 3. The third-order valence-corrected chi connectivity index (χ3v) is 9.50. The number of rotatable bonds is 10. The number of sulfonamides is 1. The van der Waals surface area contributed by atoms with Gasteiger partial charge in [-0.2, -0.15) is 4.31 Å². The Balaban J connectivity index is 1.42. The summed E-state index contributed by atoms with van der Waals surface area (Å²) in [6, 6.07) is 22.8. The lowest BCUT2D eigenvalue weighted by molar-refractivity contribution is 0.0491. The fraction of sp³-hybridized carbons (Fsp3) is 0.344. The summed E-state index contributed by atoms with van der Waals surface area (Å²) in [5.74, 6) is -0.465. The lowest BCUT2D eigenvalue weighted by Gasteiger charge is -2.34.